The molecule has 1 N–H and O–H groups in total. The number of rotatable bonds is 6. The highest BCUT2D eigenvalue weighted by Gasteiger charge is 2.30. The maximum atomic E-state index is 12.1. The van der Waals surface area contributed by atoms with Crippen LogP contribution in [-0.4, -0.2) is 22.9 Å². The summed E-state index contributed by atoms with van der Waals surface area (Å²) in [6.07, 6.45) is -4.32. The number of aryl methyl sites for hydroxylation is 1. The second-order valence-corrected chi connectivity index (χ2v) is 4.29. The van der Waals surface area contributed by atoms with Gasteiger partial charge in [-0.05, 0) is 18.6 Å². The van der Waals surface area contributed by atoms with Crippen molar-refractivity contribution >= 4 is 5.69 Å². The third kappa shape index (κ3) is 4.91. The van der Waals surface area contributed by atoms with E-state index in [9.17, 15) is 13.2 Å². The Morgan fingerprint density at radius 3 is 2.60 bits per heavy atom. The molecule has 0 bridgehead atoms. The minimum atomic E-state index is -4.31. The smallest absolute Gasteiger partial charge is 0.385 e. The Morgan fingerprint density at radius 2 is 1.90 bits per heavy atom. The van der Waals surface area contributed by atoms with Gasteiger partial charge in [0.1, 0.15) is 6.42 Å². The third-order valence-electron chi connectivity index (χ3n) is 2.54. The summed E-state index contributed by atoms with van der Waals surface area (Å²) in [6.45, 7) is 0.682. The molecule has 0 saturated heterocycles. The van der Waals surface area contributed by atoms with Crippen molar-refractivity contribution in [3.05, 3.63) is 42.0 Å². The Kier molecular flexibility index (Phi) is 4.60. The summed E-state index contributed by atoms with van der Waals surface area (Å²) in [5.74, 6) is -0.0809. The Hall–Kier alpha value is -2.05. The second-order valence-electron chi connectivity index (χ2n) is 4.29. The molecule has 4 nitrogen and oxygen atoms in total. The number of alkyl halides is 3. The minimum absolute atomic E-state index is 0.235. The number of anilines is 1. The van der Waals surface area contributed by atoms with Crippen LogP contribution < -0.4 is 5.32 Å². The molecule has 1 aromatic carbocycles. The SMILES string of the molecule is FC(F)(F)Cc1noc(CCCNc2ccccc2)n1. The lowest BCUT2D eigenvalue weighted by Crippen LogP contribution is -2.12. The summed E-state index contributed by atoms with van der Waals surface area (Å²) >= 11 is 0. The van der Waals surface area contributed by atoms with Gasteiger partial charge in [-0.2, -0.15) is 18.2 Å². The van der Waals surface area contributed by atoms with Gasteiger partial charge in [0, 0.05) is 18.7 Å². The summed E-state index contributed by atoms with van der Waals surface area (Å²) in [7, 11) is 0. The van der Waals surface area contributed by atoms with Gasteiger partial charge in [-0.25, -0.2) is 0 Å². The molecule has 2 rings (SSSR count). The van der Waals surface area contributed by atoms with Crippen molar-refractivity contribution in [3.8, 4) is 0 Å². The first-order valence-corrected chi connectivity index (χ1v) is 6.20. The summed E-state index contributed by atoms with van der Waals surface area (Å²) < 4.78 is 41.1. The van der Waals surface area contributed by atoms with E-state index in [0.717, 1.165) is 5.69 Å². The van der Waals surface area contributed by atoms with E-state index in [0.29, 0.717) is 19.4 Å². The first kappa shape index (κ1) is 14.4. The Balaban J connectivity index is 1.72. The van der Waals surface area contributed by atoms with Crippen LogP contribution >= 0.6 is 0 Å². The zero-order valence-corrected chi connectivity index (χ0v) is 10.7. The average Bonchev–Trinajstić information content (AvgIpc) is 2.81. The molecule has 0 spiro atoms. The molecule has 0 aliphatic heterocycles. The monoisotopic (exact) mass is 285 g/mol. The van der Waals surface area contributed by atoms with E-state index in [4.69, 9.17) is 4.52 Å². The molecular formula is C13H14F3N3O. The van der Waals surface area contributed by atoms with Gasteiger partial charge in [0.25, 0.3) is 0 Å². The molecular weight excluding hydrogens is 271 g/mol. The predicted octanol–water partition coefficient (Wildman–Crippen LogP) is 3.22. The standard InChI is InChI=1S/C13H14F3N3O/c14-13(15,16)9-11-18-12(20-19-11)7-4-8-17-10-5-2-1-3-6-10/h1-3,5-6,17H,4,7-9H2. The molecule has 108 valence electrons. The van der Waals surface area contributed by atoms with Gasteiger partial charge >= 0.3 is 6.18 Å². The molecule has 7 heteroatoms. The van der Waals surface area contributed by atoms with Crippen molar-refractivity contribution in [1.29, 1.82) is 0 Å². The summed E-state index contributed by atoms with van der Waals surface area (Å²) in [4.78, 5) is 3.71. The minimum Gasteiger partial charge on any atom is -0.385 e. The Labute approximate surface area is 114 Å². The van der Waals surface area contributed by atoms with Crippen LogP contribution in [0, 0.1) is 0 Å². The average molecular weight is 285 g/mol. The maximum absolute atomic E-state index is 12.1. The quantitative estimate of drug-likeness (QED) is 0.828. The van der Waals surface area contributed by atoms with E-state index >= 15 is 0 Å². The van der Waals surface area contributed by atoms with Gasteiger partial charge < -0.3 is 9.84 Å². The molecule has 0 amide bonds. The molecule has 1 aromatic heterocycles. The molecule has 20 heavy (non-hydrogen) atoms. The third-order valence-corrected chi connectivity index (χ3v) is 2.54. The van der Waals surface area contributed by atoms with E-state index in [2.05, 4.69) is 15.5 Å². The van der Waals surface area contributed by atoms with Crippen LogP contribution in [0.3, 0.4) is 0 Å². The second kappa shape index (κ2) is 6.40. The molecule has 0 unspecified atom stereocenters. The van der Waals surface area contributed by atoms with Crippen LogP contribution in [0.5, 0.6) is 0 Å². The number of nitrogens with zero attached hydrogens (tertiary/aromatic N) is 2. The number of aromatic nitrogens is 2. The van der Waals surface area contributed by atoms with E-state index in [1.807, 2.05) is 30.3 Å². The number of hydrogen-bond acceptors (Lipinski definition) is 4. The van der Waals surface area contributed by atoms with Crippen molar-refractivity contribution in [3.63, 3.8) is 0 Å². The largest absolute Gasteiger partial charge is 0.396 e. The fourth-order valence-electron chi connectivity index (χ4n) is 1.67. The van der Waals surface area contributed by atoms with Gasteiger partial charge in [-0.15, -0.1) is 0 Å². The van der Waals surface area contributed by atoms with Gasteiger partial charge in [-0.3, -0.25) is 0 Å². The first-order valence-electron chi connectivity index (χ1n) is 6.20. The lowest BCUT2D eigenvalue weighted by Gasteiger charge is -2.04. The zero-order chi connectivity index (χ0) is 14.4. The summed E-state index contributed by atoms with van der Waals surface area (Å²) in [5.41, 5.74) is 0.996. The molecule has 2 aromatic rings. The van der Waals surface area contributed by atoms with Crippen molar-refractivity contribution in [2.45, 2.75) is 25.4 Å². The fraction of sp³-hybridized carbons (Fsp3) is 0.385. The normalized spacial score (nSPS) is 11.6. The number of halogens is 3. The first-order chi connectivity index (χ1) is 9.53. The van der Waals surface area contributed by atoms with Gasteiger partial charge in [0.05, 0.1) is 0 Å². The number of benzene rings is 1. The molecule has 0 radical (unpaired) electrons. The molecule has 0 aliphatic carbocycles. The number of para-hydroxylation sites is 1. The number of hydrogen-bond donors (Lipinski definition) is 1. The molecule has 1 heterocycles. The van der Waals surface area contributed by atoms with Crippen molar-refractivity contribution < 1.29 is 17.7 Å². The van der Waals surface area contributed by atoms with Crippen molar-refractivity contribution in [2.75, 3.05) is 11.9 Å². The summed E-state index contributed by atoms with van der Waals surface area (Å²) in [5, 5.41) is 6.50. The van der Waals surface area contributed by atoms with Crippen LogP contribution in [0.25, 0.3) is 0 Å². The maximum Gasteiger partial charge on any atom is 0.396 e. The van der Waals surface area contributed by atoms with Crippen molar-refractivity contribution in [2.24, 2.45) is 0 Å². The lowest BCUT2D eigenvalue weighted by atomic mass is 10.3. The number of nitrogens with one attached hydrogen (secondary N) is 1. The summed E-state index contributed by atoms with van der Waals surface area (Å²) in [6, 6.07) is 9.64. The highest BCUT2D eigenvalue weighted by molar-refractivity contribution is 5.42. The van der Waals surface area contributed by atoms with Crippen LogP contribution in [0.2, 0.25) is 0 Å². The topological polar surface area (TPSA) is 51.0 Å². The van der Waals surface area contributed by atoms with E-state index in [-0.39, 0.29) is 11.7 Å². The molecule has 0 aliphatic rings. The Morgan fingerprint density at radius 1 is 1.15 bits per heavy atom. The highest BCUT2D eigenvalue weighted by Crippen LogP contribution is 2.19. The van der Waals surface area contributed by atoms with Gasteiger partial charge in [0.2, 0.25) is 5.89 Å². The van der Waals surface area contributed by atoms with Crippen LogP contribution in [0.4, 0.5) is 18.9 Å². The highest BCUT2D eigenvalue weighted by atomic mass is 19.4. The van der Waals surface area contributed by atoms with E-state index in [1.54, 1.807) is 0 Å². The van der Waals surface area contributed by atoms with Gasteiger partial charge in [-0.1, -0.05) is 23.4 Å². The van der Waals surface area contributed by atoms with Crippen LogP contribution in [0.15, 0.2) is 34.9 Å². The lowest BCUT2D eigenvalue weighted by molar-refractivity contribution is -0.128. The molecule has 0 saturated carbocycles. The zero-order valence-electron chi connectivity index (χ0n) is 10.7. The predicted molar refractivity (Wildman–Crippen MR) is 67.3 cm³/mol. The molecule has 0 fully saturated rings. The van der Waals surface area contributed by atoms with Crippen LogP contribution in [-0.2, 0) is 12.8 Å². The Bertz CT molecular complexity index is 525. The van der Waals surface area contributed by atoms with E-state index < -0.39 is 12.6 Å². The fourth-order valence-corrected chi connectivity index (χ4v) is 1.67. The van der Waals surface area contributed by atoms with Crippen LogP contribution in [0.1, 0.15) is 18.1 Å². The van der Waals surface area contributed by atoms with Gasteiger partial charge in [0.15, 0.2) is 5.82 Å². The van der Waals surface area contributed by atoms with E-state index in [1.165, 1.54) is 0 Å². The van der Waals surface area contributed by atoms with Crippen molar-refractivity contribution in [1.82, 2.24) is 10.1 Å². The molecule has 0 atom stereocenters.